The number of aryl methyl sites for hydroxylation is 3. The van der Waals surface area contributed by atoms with Crippen molar-refractivity contribution in [1.29, 1.82) is 0 Å². The van der Waals surface area contributed by atoms with Crippen molar-refractivity contribution in [3.63, 3.8) is 0 Å². The fourth-order valence-electron chi connectivity index (χ4n) is 3.95. The Morgan fingerprint density at radius 1 is 0.968 bits per heavy atom. The normalized spacial score (nSPS) is 13.6. The Labute approximate surface area is 183 Å². The molecule has 2 aromatic carbocycles. The summed E-state index contributed by atoms with van der Waals surface area (Å²) in [5.41, 5.74) is 5.52. The summed E-state index contributed by atoms with van der Waals surface area (Å²) in [7, 11) is 1.73. The third-order valence-electron chi connectivity index (χ3n) is 5.30. The SMILES string of the molecule is Cc1cc(C)c(NC(=O)CN(C)CC(=O)Nc2ccc(N3CCCC3=O)cc2)c(C)c1. The molecule has 3 rings (SSSR count). The molecule has 164 valence electrons. The van der Waals surface area contributed by atoms with Crippen molar-refractivity contribution in [2.24, 2.45) is 0 Å². The highest BCUT2D eigenvalue weighted by atomic mass is 16.2. The van der Waals surface area contributed by atoms with E-state index in [-0.39, 0.29) is 30.8 Å². The Morgan fingerprint density at radius 3 is 2.10 bits per heavy atom. The summed E-state index contributed by atoms with van der Waals surface area (Å²) < 4.78 is 0. The maximum Gasteiger partial charge on any atom is 0.238 e. The van der Waals surface area contributed by atoms with Gasteiger partial charge in [-0.3, -0.25) is 19.3 Å². The summed E-state index contributed by atoms with van der Waals surface area (Å²) >= 11 is 0. The summed E-state index contributed by atoms with van der Waals surface area (Å²) in [6, 6.07) is 11.3. The number of hydrogen-bond acceptors (Lipinski definition) is 4. The van der Waals surface area contributed by atoms with Crippen molar-refractivity contribution in [1.82, 2.24) is 4.90 Å². The molecule has 0 bridgehead atoms. The number of nitrogens with zero attached hydrogens (tertiary/aromatic N) is 2. The Morgan fingerprint density at radius 2 is 1.55 bits per heavy atom. The van der Waals surface area contributed by atoms with Crippen LogP contribution in [0.25, 0.3) is 0 Å². The minimum absolute atomic E-state index is 0.0889. The minimum atomic E-state index is -0.206. The lowest BCUT2D eigenvalue weighted by Gasteiger charge is -2.18. The second kappa shape index (κ2) is 9.75. The fourth-order valence-corrected chi connectivity index (χ4v) is 3.95. The number of anilines is 3. The second-order valence-corrected chi connectivity index (χ2v) is 8.24. The van der Waals surface area contributed by atoms with Crippen LogP contribution in [0.3, 0.4) is 0 Å². The monoisotopic (exact) mass is 422 g/mol. The first kappa shape index (κ1) is 22.5. The van der Waals surface area contributed by atoms with Gasteiger partial charge in [-0.2, -0.15) is 0 Å². The Kier molecular flexibility index (Phi) is 7.07. The third-order valence-corrected chi connectivity index (χ3v) is 5.30. The molecule has 0 aliphatic carbocycles. The molecule has 0 atom stereocenters. The number of likely N-dealkylation sites (N-methyl/N-ethyl adjacent to an activating group) is 1. The first-order chi connectivity index (χ1) is 14.7. The van der Waals surface area contributed by atoms with Gasteiger partial charge in [0, 0.05) is 30.0 Å². The molecule has 31 heavy (non-hydrogen) atoms. The molecule has 0 unspecified atom stereocenters. The molecule has 1 aliphatic heterocycles. The van der Waals surface area contributed by atoms with Gasteiger partial charge in [0.15, 0.2) is 0 Å². The fraction of sp³-hybridized carbons (Fsp3) is 0.375. The topological polar surface area (TPSA) is 81.8 Å². The number of nitrogens with one attached hydrogen (secondary N) is 2. The van der Waals surface area contributed by atoms with Crippen LogP contribution in [0.15, 0.2) is 36.4 Å². The van der Waals surface area contributed by atoms with E-state index in [0.717, 1.165) is 41.0 Å². The van der Waals surface area contributed by atoms with Crippen LogP contribution in [0.1, 0.15) is 29.5 Å². The quantitative estimate of drug-likeness (QED) is 0.718. The Hall–Kier alpha value is -3.19. The van der Waals surface area contributed by atoms with Crippen LogP contribution < -0.4 is 15.5 Å². The smallest absolute Gasteiger partial charge is 0.238 e. The molecule has 7 nitrogen and oxygen atoms in total. The van der Waals surface area contributed by atoms with E-state index in [4.69, 9.17) is 0 Å². The molecule has 3 amide bonds. The van der Waals surface area contributed by atoms with Gasteiger partial charge in [-0.25, -0.2) is 0 Å². The highest BCUT2D eigenvalue weighted by molar-refractivity contribution is 5.97. The van der Waals surface area contributed by atoms with Crippen LogP contribution in [0.4, 0.5) is 17.1 Å². The van der Waals surface area contributed by atoms with E-state index >= 15 is 0 Å². The second-order valence-electron chi connectivity index (χ2n) is 8.24. The molecule has 1 aliphatic rings. The van der Waals surface area contributed by atoms with Gasteiger partial charge < -0.3 is 15.5 Å². The van der Waals surface area contributed by atoms with E-state index in [1.165, 1.54) is 0 Å². The molecule has 2 N–H and O–H groups in total. The van der Waals surface area contributed by atoms with Crippen LogP contribution in [0.2, 0.25) is 0 Å². The van der Waals surface area contributed by atoms with E-state index < -0.39 is 0 Å². The maximum absolute atomic E-state index is 12.4. The zero-order valence-electron chi connectivity index (χ0n) is 18.6. The lowest BCUT2D eigenvalue weighted by Crippen LogP contribution is -2.36. The maximum atomic E-state index is 12.4. The molecule has 0 saturated carbocycles. The van der Waals surface area contributed by atoms with Crippen molar-refractivity contribution in [3.8, 4) is 0 Å². The van der Waals surface area contributed by atoms with Crippen LogP contribution in [-0.4, -0.2) is 49.3 Å². The zero-order chi connectivity index (χ0) is 22.5. The molecule has 0 aromatic heterocycles. The van der Waals surface area contributed by atoms with E-state index in [1.807, 2.05) is 45.0 Å². The van der Waals surface area contributed by atoms with Crippen molar-refractivity contribution >= 4 is 34.8 Å². The Bertz CT molecular complexity index is 962. The van der Waals surface area contributed by atoms with Gasteiger partial charge >= 0.3 is 0 Å². The van der Waals surface area contributed by atoms with Crippen LogP contribution in [0, 0.1) is 20.8 Å². The number of carbonyl (C=O) groups is 3. The van der Waals surface area contributed by atoms with E-state index in [2.05, 4.69) is 10.6 Å². The number of amides is 3. The number of rotatable bonds is 7. The largest absolute Gasteiger partial charge is 0.325 e. The van der Waals surface area contributed by atoms with Gasteiger partial charge in [0.2, 0.25) is 17.7 Å². The molecule has 1 heterocycles. The summed E-state index contributed by atoms with van der Waals surface area (Å²) in [4.78, 5) is 40.0. The van der Waals surface area contributed by atoms with Gasteiger partial charge in [-0.05, 0) is 69.6 Å². The minimum Gasteiger partial charge on any atom is -0.325 e. The third kappa shape index (κ3) is 5.92. The molecular formula is C24H30N4O3. The summed E-state index contributed by atoms with van der Waals surface area (Å²) in [6.07, 6.45) is 1.46. The highest BCUT2D eigenvalue weighted by Crippen LogP contribution is 2.23. The predicted molar refractivity (Wildman–Crippen MR) is 123 cm³/mol. The molecule has 1 saturated heterocycles. The average molecular weight is 423 g/mol. The number of benzene rings is 2. The van der Waals surface area contributed by atoms with Gasteiger partial charge in [0.1, 0.15) is 0 Å². The summed E-state index contributed by atoms with van der Waals surface area (Å²) in [5.74, 6) is -0.235. The molecule has 7 heteroatoms. The van der Waals surface area contributed by atoms with Crippen LogP contribution >= 0.6 is 0 Å². The van der Waals surface area contributed by atoms with Crippen molar-refractivity contribution in [2.45, 2.75) is 33.6 Å². The summed E-state index contributed by atoms with van der Waals surface area (Å²) in [6.45, 7) is 6.90. The number of carbonyl (C=O) groups excluding carboxylic acids is 3. The van der Waals surface area contributed by atoms with Crippen molar-refractivity contribution in [2.75, 3.05) is 42.2 Å². The standard InChI is InChI=1S/C24H30N4O3/c1-16-12-17(2)24(18(3)13-16)26-22(30)15-27(4)14-21(29)25-19-7-9-20(10-8-19)28-11-5-6-23(28)31/h7-10,12-13H,5-6,11,14-15H2,1-4H3,(H,25,29)(H,26,30). The first-order valence-corrected chi connectivity index (χ1v) is 10.5. The van der Waals surface area contributed by atoms with Crippen molar-refractivity contribution in [3.05, 3.63) is 53.1 Å². The average Bonchev–Trinajstić information content (AvgIpc) is 3.11. The van der Waals surface area contributed by atoms with E-state index in [1.54, 1.807) is 29.0 Å². The van der Waals surface area contributed by atoms with Crippen molar-refractivity contribution < 1.29 is 14.4 Å². The van der Waals surface area contributed by atoms with E-state index in [9.17, 15) is 14.4 Å². The van der Waals surface area contributed by atoms with Crippen LogP contribution in [-0.2, 0) is 14.4 Å². The molecular weight excluding hydrogens is 392 g/mol. The van der Waals surface area contributed by atoms with Crippen LogP contribution in [0.5, 0.6) is 0 Å². The molecule has 1 fully saturated rings. The van der Waals surface area contributed by atoms with E-state index in [0.29, 0.717) is 12.1 Å². The molecule has 0 spiro atoms. The van der Waals surface area contributed by atoms with Gasteiger partial charge in [-0.1, -0.05) is 17.7 Å². The molecule has 0 radical (unpaired) electrons. The lowest BCUT2D eigenvalue weighted by atomic mass is 10.1. The molecule has 2 aromatic rings. The highest BCUT2D eigenvalue weighted by Gasteiger charge is 2.21. The van der Waals surface area contributed by atoms with Gasteiger partial charge in [0.05, 0.1) is 13.1 Å². The predicted octanol–water partition coefficient (Wildman–Crippen LogP) is 3.25. The first-order valence-electron chi connectivity index (χ1n) is 10.5. The zero-order valence-corrected chi connectivity index (χ0v) is 18.6. The van der Waals surface area contributed by atoms with Gasteiger partial charge in [0.25, 0.3) is 0 Å². The van der Waals surface area contributed by atoms with Gasteiger partial charge in [-0.15, -0.1) is 0 Å². The lowest BCUT2D eigenvalue weighted by molar-refractivity contribution is -0.119. The summed E-state index contributed by atoms with van der Waals surface area (Å²) in [5, 5.41) is 5.79. The number of hydrogen-bond donors (Lipinski definition) is 2. The Balaban J connectivity index is 1.49.